The molecule has 0 saturated carbocycles. The maximum Gasteiger partial charge on any atom is 0.330 e. The van der Waals surface area contributed by atoms with Crippen LogP contribution in [0, 0.1) is 5.41 Å². The highest BCUT2D eigenvalue weighted by atomic mass is 16.7. The second-order valence-electron chi connectivity index (χ2n) is 5.40. The quantitative estimate of drug-likeness (QED) is 0.680. The Labute approximate surface area is 96.3 Å². The zero-order valence-corrected chi connectivity index (χ0v) is 10.6. The zero-order chi connectivity index (χ0) is 12.5. The van der Waals surface area contributed by atoms with Gasteiger partial charge in [0.15, 0.2) is 5.78 Å². The van der Waals surface area contributed by atoms with Crippen LogP contribution in [0.1, 0.15) is 20.8 Å². The topological polar surface area (TPSA) is 49.9 Å². The van der Waals surface area contributed by atoms with Crippen molar-refractivity contribution >= 4 is 11.8 Å². The van der Waals surface area contributed by atoms with Crippen LogP contribution in [-0.2, 0) is 14.4 Å². The van der Waals surface area contributed by atoms with Gasteiger partial charge in [-0.05, 0) is 34.9 Å². The summed E-state index contributed by atoms with van der Waals surface area (Å²) >= 11 is 0. The van der Waals surface area contributed by atoms with E-state index in [1.165, 1.54) is 5.06 Å². The van der Waals surface area contributed by atoms with Gasteiger partial charge in [0.1, 0.15) is 0 Å². The molecule has 0 bridgehead atoms. The minimum Gasteiger partial charge on any atom is -0.367 e. The standard InChI is InChI=1S/C11H20N2O3/c1-11(2,3)10(15)16-13-6-8(12(4)5)9(14)7-13/h8H,6-7H2,1-5H3. The highest BCUT2D eigenvalue weighted by molar-refractivity contribution is 5.88. The average Bonchev–Trinajstić information content (AvgIpc) is 2.45. The second-order valence-corrected chi connectivity index (χ2v) is 5.40. The molecule has 1 aliphatic rings. The fourth-order valence-electron chi connectivity index (χ4n) is 1.41. The fraction of sp³-hybridized carbons (Fsp3) is 0.818. The molecule has 0 aromatic carbocycles. The number of carbonyl (C=O) groups excluding carboxylic acids is 2. The molecule has 0 spiro atoms. The van der Waals surface area contributed by atoms with Crippen molar-refractivity contribution in [2.45, 2.75) is 26.8 Å². The van der Waals surface area contributed by atoms with Crippen LogP contribution in [0.25, 0.3) is 0 Å². The maximum absolute atomic E-state index is 11.6. The summed E-state index contributed by atoms with van der Waals surface area (Å²) in [6.45, 7) is 6.00. The summed E-state index contributed by atoms with van der Waals surface area (Å²) in [5.74, 6) is -0.216. The summed E-state index contributed by atoms with van der Waals surface area (Å²) in [5.41, 5.74) is -0.542. The molecular formula is C11H20N2O3. The number of carbonyl (C=O) groups is 2. The lowest BCUT2D eigenvalue weighted by Gasteiger charge is -2.22. The van der Waals surface area contributed by atoms with E-state index in [0.29, 0.717) is 6.54 Å². The molecule has 0 amide bonds. The molecule has 1 rings (SSSR count). The van der Waals surface area contributed by atoms with Crippen molar-refractivity contribution in [2.24, 2.45) is 5.41 Å². The Morgan fingerprint density at radius 1 is 1.44 bits per heavy atom. The monoisotopic (exact) mass is 228 g/mol. The summed E-state index contributed by atoms with van der Waals surface area (Å²) in [6.07, 6.45) is 0. The summed E-state index contributed by atoms with van der Waals surface area (Å²) in [5, 5.41) is 1.45. The van der Waals surface area contributed by atoms with Crippen molar-refractivity contribution < 1.29 is 14.4 Å². The number of likely N-dealkylation sites (N-methyl/N-ethyl adjacent to an activating group) is 1. The molecular weight excluding hydrogens is 208 g/mol. The van der Waals surface area contributed by atoms with Crippen LogP contribution < -0.4 is 0 Å². The Balaban J connectivity index is 2.54. The van der Waals surface area contributed by atoms with E-state index < -0.39 is 5.41 Å². The lowest BCUT2D eigenvalue weighted by molar-refractivity contribution is -0.195. The third kappa shape index (κ3) is 3.02. The number of ketones is 1. The molecule has 16 heavy (non-hydrogen) atoms. The van der Waals surface area contributed by atoms with E-state index in [4.69, 9.17) is 4.84 Å². The first kappa shape index (κ1) is 13.1. The second kappa shape index (κ2) is 4.51. The van der Waals surface area contributed by atoms with E-state index in [2.05, 4.69) is 0 Å². The Kier molecular flexibility index (Phi) is 3.70. The SMILES string of the molecule is CN(C)C1CN(OC(=O)C(C)(C)C)CC1=O. The number of hydroxylamine groups is 2. The van der Waals surface area contributed by atoms with Crippen LogP contribution in [-0.4, -0.2) is 54.9 Å². The summed E-state index contributed by atoms with van der Waals surface area (Å²) in [7, 11) is 3.69. The van der Waals surface area contributed by atoms with Gasteiger partial charge in [0.05, 0.1) is 24.5 Å². The summed E-state index contributed by atoms with van der Waals surface area (Å²) in [4.78, 5) is 30.2. The van der Waals surface area contributed by atoms with Crippen LogP contribution >= 0.6 is 0 Å². The van der Waals surface area contributed by atoms with E-state index in [1.54, 1.807) is 20.8 Å². The molecule has 1 saturated heterocycles. The zero-order valence-electron chi connectivity index (χ0n) is 10.6. The minimum atomic E-state index is -0.542. The Morgan fingerprint density at radius 3 is 2.38 bits per heavy atom. The molecule has 1 fully saturated rings. The number of hydrogen-bond acceptors (Lipinski definition) is 5. The normalized spacial score (nSPS) is 22.9. The highest BCUT2D eigenvalue weighted by Crippen LogP contribution is 2.18. The van der Waals surface area contributed by atoms with Crippen LogP contribution in [0.2, 0.25) is 0 Å². The third-order valence-electron chi connectivity index (χ3n) is 2.53. The van der Waals surface area contributed by atoms with Crippen LogP contribution in [0.4, 0.5) is 0 Å². The van der Waals surface area contributed by atoms with E-state index in [9.17, 15) is 9.59 Å². The van der Waals surface area contributed by atoms with Gasteiger partial charge in [0, 0.05) is 0 Å². The van der Waals surface area contributed by atoms with Gasteiger partial charge in [-0.3, -0.25) is 9.69 Å². The molecule has 0 aromatic rings. The smallest absolute Gasteiger partial charge is 0.330 e. The minimum absolute atomic E-state index is 0.0895. The molecule has 0 N–H and O–H groups in total. The van der Waals surface area contributed by atoms with Gasteiger partial charge in [-0.15, -0.1) is 5.06 Å². The van der Waals surface area contributed by atoms with Gasteiger partial charge >= 0.3 is 5.97 Å². The molecule has 1 atom stereocenters. The Bertz CT molecular complexity index is 294. The van der Waals surface area contributed by atoms with E-state index in [1.807, 2.05) is 19.0 Å². The predicted molar refractivity (Wildman–Crippen MR) is 59.6 cm³/mol. The lowest BCUT2D eigenvalue weighted by Crippen LogP contribution is -2.36. The van der Waals surface area contributed by atoms with Crippen molar-refractivity contribution in [2.75, 3.05) is 27.2 Å². The molecule has 1 aliphatic heterocycles. The summed E-state index contributed by atoms with van der Waals surface area (Å²) < 4.78 is 0. The molecule has 5 heteroatoms. The van der Waals surface area contributed by atoms with E-state index >= 15 is 0 Å². The lowest BCUT2D eigenvalue weighted by atomic mass is 9.98. The maximum atomic E-state index is 11.6. The Morgan fingerprint density at radius 2 is 2.00 bits per heavy atom. The number of Topliss-reactive ketones (excluding diaryl/α,β-unsaturated/α-hetero) is 1. The van der Waals surface area contributed by atoms with Gasteiger partial charge < -0.3 is 4.84 Å². The van der Waals surface area contributed by atoms with Gasteiger partial charge in [-0.1, -0.05) is 0 Å². The molecule has 0 aromatic heterocycles. The molecule has 0 aliphatic carbocycles. The average molecular weight is 228 g/mol. The third-order valence-corrected chi connectivity index (χ3v) is 2.53. The van der Waals surface area contributed by atoms with E-state index in [0.717, 1.165) is 0 Å². The van der Waals surface area contributed by atoms with Crippen LogP contribution in [0.5, 0.6) is 0 Å². The van der Waals surface area contributed by atoms with Crippen molar-refractivity contribution in [3.05, 3.63) is 0 Å². The van der Waals surface area contributed by atoms with Gasteiger partial charge in [0.25, 0.3) is 0 Å². The first-order valence-corrected chi connectivity index (χ1v) is 5.38. The molecule has 0 radical (unpaired) electrons. The Hall–Kier alpha value is -0.940. The van der Waals surface area contributed by atoms with Gasteiger partial charge in [-0.2, -0.15) is 0 Å². The molecule has 5 nitrogen and oxygen atoms in total. The fourth-order valence-corrected chi connectivity index (χ4v) is 1.41. The van der Waals surface area contributed by atoms with Crippen LogP contribution in [0.3, 0.4) is 0 Å². The van der Waals surface area contributed by atoms with Crippen LogP contribution in [0.15, 0.2) is 0 Å². The molecule has 1 heterocycles. The number of hydrogen-bond donors (Lipinski definition) is 0. The van der Waals surface area contributed by atoms with Crippen molar-refractivity contribution in [3.63, 3.8) is 0 Å². The van der Waals surface area contributed by atoms with Crippen molar-refractivity contribution in [1.29, 1.82) is 0 Å². The van der Waals surface area contributed by atoms with Gasteiger partial charge in [0.2, 0.25) is 0 Å². The predicted octanol–water partition coefficient (Wildman–Crippen LogP) is 0.306. The highest BCUT2D eigenvalue weighted by Gasteiger charge is 2.36. The first-order valence-electron chi connectivity index (χ1n) is 5.38. The summed E-state index contributed by atoms with van der Waals surface area (Å²) in [6, 6.07) is -0.173. The van der Waals surface area contributed by atoms with Crippen molar-refractivity contribution in [1.82, 2.24) is 9.96 Å². The van der Waals surface area contributed by atoms with E-state index in [-0.39, 0.29) is 24.3 Å². The molecule has 92 valence electrons. The van der Waals surface area contributed by atoms with Gasteiger partial charge in [-0.25, -0.2) is 4.79 Å². The number of nitrogens with zero attached hydrogens (tertiary/aromatic N) is 2. The largest absolute Gasteiger partial charge is 0.367 e. The molecule has 1 unspecified atom stereocenters. The number of rotatable bonds is 2. The van der Waals surface area contributed by atoms with Crippen molar-refractivity contribution in [3.8, 4) is 0 Å². The first-order chi connectivity index (χ1) is 7.21.